The molecule has 68 valence electrons. The standard InChI is InChI=1S/C11H9N3/c12-6-8-2-1-3-10(9(8)7-13)11(14)4-5-11/h1-3H,4-5,14H2. The summed E-state index contributed by atoms with van der Waals surface area (Å²) >= 11 is 0. The molecule has 0 radical (unpaired) electrons. The second-order valence-corrected chi connectivity index (χ2v) is 3.61. The second kappa shape index (κ2) is 2.83. The Bertz CT molecular complexity index is 458. The Kier molecular flexibility index (Phi) is 1.77. The van der Waals surface area contributed by atoms with Crippen LogP contribution in [0.1, 0.15) is 29.5 Å². The summed E-state index contributed by atoms with van der Waals surface area (Å²) in [4.78, 5) is 0. The summed E-state index contributed by atoms with van der Waals surface area (Å²) in [5, 5.41) is 17.8. The third-order valence-electron chi connectivity index (χ3n) is 2.62. The van der Waals surface area contributed by atoms with Crippen molar-refractivity contribution in [2.45, 2.75) is 18.4 Å². The number of nitriles is 2. The van der Waals surface area contributed by atoms with Crippen molar-refractivity contribution >= 4 is 0 Å². The molecular formula is C11H9N3. The van der Waals surface area contributed by atoms with E-state index in [0.29, 0.717) is 11.1 Å². The molecule has 0 spiro atoms. The average Bonchev–Trinajstić information content (AvgIpc) is 2.96. The van der Waals surface area contributed by atoms with Gasteiger partial charge in [-0.15, -0.1) is 0 Å². The number of hydrogen-bond acceptors (Lipinski definition) is 3. The number of benzene rings is 1. The Hall–Kier alpha value is -1.84. The molecular weight excluding hydrogens is 174 g/mol. The van der Waals surface area contributed by atoms with Crippen LogP contribution in [0, 0.1) is 22.7 Å². The molecule has 1 saturated carbocycles. The molecule has 1 aliphatic rings. The zero-order valence-electron chi connectivity index (χ0n) is 7.62. The molecule has 0 aliphatic heterocycles. The van der Waals surface area contributed by atoms with Gasteiger partial charge < -0.3 is 5.73 Å². The molecule has 0 bridgehead atoms. The molecule has 0 saturated heterocycles. The van der Waals surface area contributed by atoms with Gasteiger partial charge in [-0.05, 0) is 24.5 Å². The largest absolute Gasteiger partial charge is 0.321 e. The average molecular weight is 183 g/mol. The SMILES string of the molecule is N#Cc1cccc(C2(N)CC2)c1C#N. The van der Waals surface area contributed by atoms with E-state index in [1.807, 2.05) is 12.1 Å². The van der Waals surface area contributed by atoms with Crippen molar-refractivity contribution in [2.75, 3.05) is 0 Å². The zero-order chi connectivity index (χ0) is 10.2. The maximum absolute atomic E-state index is 8.96. The van der Waals surface area contributed by atoms with Crippen molar-refractivity contribution in [1.29, 1.82) is 10.5 Å². The first-order valence-corrected chi connectivity index (χ1v) is 4.44. The van der Waals surface area contributed by atoms with E-state index in [2.05, 4.69) is 6.07 Å². The van der Waals surface area contributed by atoms with Crippen LogP contribution in [0.25, 0.3) is 0 Å². The number of nitrogens with two attached hydrogens (primary N) is 1. The Morgan fingerprint density at radius 3 is 2.43 bits per heavy atom. The molecule has 1 aromatic rings. The lowest BCUT2D eigenvalue weighted by Crippen LogP contribution is -2.20. The van der Waals surface area contributed by atoms with Crippen molar-refractivity contribution in [1.82, 2.24) is 0 Å². The van der Waals surface area contributed by atoms with Crippen LogP contribution in [-0.4, -0.2) is 0 Å². The first kappa shape index (κ1) is 8.74. The van der Waals surface area contributed by atoms with Gasteiger partial charge in [-0.1, -0.05) is 12.1 Å². The first-order chi connectivity index (χ1) is 6.71. The normalized spacial score (nSPS) is 16.8. The van der Waals surface area contributed by atoms with Crippen LogP contribution in [0.3, 0.4) is 0 Å². The van der Waals surface area contributed by atoms with Gasteiger partial charge in [0.25, 0.3) is 0 Å². The predicted molar refractivity (Wildman–Crippen MR) is 51.0 cm³/mol. The molecule has 0 aromatic heterocycles. The van der Waals surface area contributed by atoms with Gasteiger partial charge >= 0.3 is 0 Å². The summed E-state index contributed by atoms with van der Waals surface area (Å²) in [5.74, 6) is 0. The Morgan fingerprint density at radius 1 is 1.21 bits per heavy atom. The van der Waals surface area contributed by atoms with Crippen molar-refractivity contribution in [3.63, 3.8) is 0 Å². The molecule has 3 heteroatoms. The quantitative estimate of drug-likeness (QED) is 0.714. The highest BCUT2D eigenvalue weighted by molar-refractivity contribution is 5.54. The maximum atomic E-state index is 8.96. The lowest BCUT2D eigenvalue weighted by atomic mass is 9.96. The van der Waals surface area contributed by atoms with E-state index in [1.165, 1.54) is 0 Å². The maximum Gasteiger partial charge on any atom is 0.101 e. The number of nitrogens with zero attached hydrogens (tertiary/aromatic N) is 2. The number of hydrogen-bond donors (Lipinski definition) is 1. The van der Waals surface area contributed by atoms with Gasteiger partial charge in [-0.25, -0.2) is 0 Å². The van der Waals surface area contributed by atoms with Gasteiger partial charge in [0.05, 0.1) is 11.1 Å². The van der Waals surface area contributed by atoms with Crippen molar-refractivity contribution in [2.24, 2.45) is 5.73 Å². The summed E-state index contributed by atoms with van der Waals surface area (Å²) in [5.41, 5.74) is 7.33. The molecule has 1 fully saturated rings. The molecule has 2 rings (SSSR count). The number of rotatable bonds is 1. The van der Waals surface area contributed by atoms with Gasteiger partial charge in [0.2, 0.25) is 0 Å². The van der Waals surface area contributed by atoms with Crippen LogP contribution in [0.15, 0.2) is 18.2 Å². The van der Waals surface area contributed by atoms with Crippen LogP contribution in [-0.2, 0) is 5.54 Å². The Morgan fingerprint density at radius 2 is 1.93 bits per heavy atom. The van der Waals surface area contributed by atoms with E-state index in [-0.39, 0.29) is 5.54 Å². The fourth-order valence-corrected chi connectivity index (χ4v) is 1.58. The third kappa shape index (κ3) is 1.16. The Labute approximate surface area is 82.4 Å². The minimum absolute atomic E-state index is 0.349. The van der Waals surface area contributed by atoms with E-state index in [0.717, 1.165) is 18.4 Å². The highest BCUT2D eigenvalue weighted by atomic mass is 14.8. The van der Waals surface area contributed by atoms with E-state index in [1.54, 1.807) is 12.1 Å². The predicted octanol–water partition coefficient (Wildman–Crippen LogP) is 1.38. The molecule has 2 N–H and O–H groups in total. The lowest BCUT2D eigenvalue weighted by Gasteiger charge is -2.11. The van der Waals surface area contributed by atoms with E-state index in [4.69, 9.17) is 16.3 Å². The van der Waals surface area contributed by atoms with Gasteiger partial charge in [0.1, 0.15) is 12.1 Å². The third-order valence-corrected chi connectivity index (χ3v) is 2.62. The van der Waals surface area contributed by atoms with Crippen LogP contribution >= 0.6 is 0 Å². The van der Waals surface area contributed by atoms with Crippen molar-refractivity contribution < 1.29 is 0 Å². The van der Waals surface area contributed by atoms with Crippen LogP contribution < -0.4 is 5.73 Å². The van der Waals surface area contributed by atoms with Crippen LogP contribution in [0.5, 0.6) is 0 Å². The molecule has 1 aromatic carbocycles. The highest BCUT2D eigenvalue weighted by Gasteiger charge is 2.42. The summed E-state index contributed by atoms with van der Waals surface area (Å²) in [6.07, 6.45) is 1.80. The van der Waals surface area contributed by atoms with Gasteiger partial charge in [0, 0.05) is 5.54 Å². The van der Waals surface area contributed by atoms with Gasteiger partial charge in [-0.3, -0.25) is 0 Å². The summed E-state index contributed by atoms with van der Waals surface area (Å²) in [7, 11) is 0. The summed E-state index contributed by atoms with van der Waals surface area (Å²) in [6.45, 7) is 0. The highest BCUT2D eigenvalue weighted by Crippen LogP contribution is 2.44. The van der Waals surface area contributed by atoms with E-state index in [9.17, 15) is 0 Å². The topological polar surface area (TPSA) is 73.6 Å². The summed E-state index contributed by atoms with van der Waals surface area (Å²) < 4.78 is 0. The van der Waals surface area contributed by atoms with Crippen molar-refractivity contribution in [3.8, 4) is 12.1 Å². The molecule has 3 nitrogen and oxygen atoms in total. The lowest BCUT2D eigenvalue weighted by molar-refractivity contribution is 0.737. The van der Waals surface area contributed by atoms with Crippen molar-refractivity contribution in [3.05, 3.63) is 34.9 Å². The Balaban J connectivity index is 2.63. The van der Waals surface area contributed by atoms with E-state index < -0.39 is 0 Å². The van der Waals surface area contributed by atoms with Crippen LogP contribution in [0.2, 0.25) is 0 Å². The minimum atomic E-state index is -0.349. The molecule has 0 atom stereocenters. The molecule has 0 heterocycles. The molecule has 14 heavy (non-hydrogen) atoms. The molecule has 0 amide bonds. The molecule has 1 aliphatic carbocycles. The summed E-state index contributed by atoms with van der Waals surface area (Å²) in [6, 6.07) is 9.33. The minimum Gasteiger partial charge on any atom is -0.321 e. The fraction of sp³-hybridized carbons (Fsp3) is 0.273. The van der Waals surface area contributed by atoms with Gasteiger partial charge in [0.15, 0.2) is 0 Å². The van der Waals surface area contributed by atoms with Gasteiger partial charge in [-0.2, -0.15) is 10.5 Å². The molecule has 0 unspecified atom stereocenters. The van der Waals surface area contributed by atoms with Crippen LogP contribution in [0.4, 0.5) is 0 Å². The first-order valence-electron chi connectivity index (χ1n) is 4.44. The smallest absolute Gasteiger partial charge is 0.101 e. The second-order valence-electron chi connectivity index (χ2n) is 3.61. The zero-order valence-corrected chi connectivity index (χ0v) is 7.62. The monoisotopic (exact) mass is 183 g/mol. The van der Waals surface area contributed by atoms with E-state index >= 15 is 0 Å². The fourth-order valence-electron chi connectivity index (χ4n) is 1.58.